The zero-order chi connectivity index (χ0) is 18.5. The molecule has 1 atom stereocenters. The Balaban J connectivity index is 1.79. The second-order valence-electron chi connectivity index (χ2n) is 7.33. The minimum atomic E-state index is -0.0251. The number of allylic oxidation sites excluding steroid dienone is 2. The summed E-state index contributed by atoms with van der Waals surface area (Å²) in [6.07, 6.45) is 2.47. The number of anilines is 1. The van der Waals surface area contributed by atoms with Crippen LogP contribution in [0.25, 0.3) is 10.9 Å². The topological polar surface area (TPSA) is 42.0 Å². The number of benzene rings is 2. The van der Waals surface area contributed by atoms with Gasteiger partial charge in [-0.2, -0.15) is 0 Å². The molecule has 1 N–H and O–H groups in total. The second kappa shape index (κ2) is 6.31. The third-order valence-corrected chi connectivity index (χ3v) is 6.11. The van der Waals surface area contributed by atoms with Crippen molar-refractivity contribution in [1.82, 2.24) is 4.98 Å². The van der Waals surface area contributed by atoms with Crippen molar-refractivity contribution in [2.24, 2.45) is 0 Å². The molecule has 0 saturated carbocycles. The fourth-order valence-electron chi connectivity index (χ4n) is 4.34. The zero-order valence-corrected chi connectivity index (χ0v) is 16.6. The average molecular weight is 419 g/mol. The zero-order valence-electron chi connectivity index (χ0n) is 15.1. The summed E-state index contributed by atoms with van der Waals surface area (Å²) in [7, 11) is 0. The Hall–Kier alpha value is -2.46. The molecule has 5 rings (SSSR count). The van der Waals surface area contributed by atoms with Gasteiger partial charge in [0.1, 0.15) is 0 Å². The van der Waals surface area contributed by atoms with Gasteiger partial charge < -0.3 is 5.32 Å². The van der Waals surface area contributed by atoms with Gasteiger partial charge in [-0.3, -0.25) is 9.78 Å². The minimum absolute atomic E-state index is 0.0251. The summed E-state index contributed by atoms with van der Waals surface area (Å²) >= 11 is 3.52. The predicted molar refractivity (Wildman–Crippen MR) is 112 cm³/mol. The average Bonchev–Trinajstić information content (AvgIpc) is 2.67. The highest BCUT2D eigenvalue weighted by atomic mass is 79.9. The van der Waals surface area contributed by atoms with Crippen LogP contribution in [0.15, 0.2) is 64.3 Å². The van der Waals surface area contributed by atoms with Crippen LogP contribution in [0, 0.1) is 6.92 Å². The van der Waals surface area contributed by atoms with Crippen molar-refractivity contribution in [1.29, 1.82) is 0 Å². The second-order valence-corrected chi connectivity index (χ2v) is 8.24. The number of nitrogens with one attached hydrogen (secondary N) is 1. The van der Waals surface area contributed by atoms with Gasteiger partial charge in [0.2, 0.25) is 0 Å². The Morgan fingerprint density at radius 3 is 2.67 bits per heavy atom. The number of fused-ring (bicyclic) bond motifs is 3. The molecule has 0 fully saturated rings. The van der Waals surface area contributed by atoms with E-state index in [0.29, 0.717) is 6.42 Å². The van der Waals surface area contributed by atoms with Gasteiger partial charge in [-0.25, -0.2) is 0 Å². The highest BCUT2D eigenvalue weighted by Crippen LogP contribution is 2.47. The van der Waals surface area contributed by atoms with Crippen molar-refractivity contribution in [3.05, 3.63) is 81.1 Å². The van der Waals surface area contributed by atoms with Crippen LogP contribution in [-0.4, -0.2) is 10.8 Å². The largest absolute Gasteiger partial charge is 0.358 e. The summed E-state index contributed by atoms with van der Waals surface area (Å²) in [6, 6.07) is 16.7. The van der Waals surface area contributed by atoms with Gasteiger partial charge in [-0.05, 0) is 61.2 Å². The fourth-order valence-corrected chi connectivity index (χ4v) is 4.60. The number of hydrogen-bond donors (Lipinski definition) is 1. The van der Waals surface area contributed by atoms with Crippen LogP contribution in [0.3, 0.4) is 0 Å². The molecule has 0 bridgehead atoms. The minimum Gasteiger partial charge on any atom is -0.358 e. The molecular formula is C23H19BrN2O. The standard InChI is InChI=1S/C23H19BrN2O/c1-13-5-10-16-18(25-13)12-11-17-21(14-6-8-15(24)9-7-14)22-19(26-23(16)17)3-2-4-20(22)27/h5-12,21,26H,2-4H2,1H3/t21-/m1/s1. The summed E-state index contributed by atoms with van der Waals surface area (Å²) < 4.78 is 1.04. The van der Waals surface area contributed by atoms with Gasteiger partial charge in [0.15, 0.2) is 5.78 Å². The van der Waals surface area contributed by atoms with Gasteiger partial charge in [-0.15, -0.1) is 0 Å². The molecule has 0 saturated heterocycles. The lowest BCUT2D eigenvalue weighted by molar-refractivity contribution is -0.116. The molecule has 3 aromatic rings. The first-order chi connectivity index (χ1) is 13.1. The highest BCUT2D eigenvalue weighted by Gasteiger charge is 2.35. The maximum absolute atomic E-state index is 12.9. The van der Waals surface area contributed by atoms with E-state index < -0.39 is 0 Å². The monoisotopic (exact) mass is 418 g/mol. The van der Waals surface area contributed by atoms with E-state index in [2.05, 4.69) is 74.8 Å². The normalized spacial score (nSPS) is 18.9. The number of carbonyl (C=O) groups excluding carboxylic acids is 1. The lowest BCUT2D eigenvalue weighted by Crippen LogP contribution is -2.27. The van der Waals surface area contributed by atoms with E-state index in [1.54, 1.807) is 0 Å². The molecule has 4 heteroatoms. The Kier molecular flexibility index (Phi) is 3.90. The summed E-state index contributed by atoms with van der Waals surface area (Å²) in [5.41, 5.74) is 7.43. The first-order valence-corrected chi connectivity index (χ1v) is 10.1. The maximum Gasteiger partial charge on any atom is 0.161 e. The quantitative estimate of drug-likeness (QED) is 0.537. The summed E-state index contributed by atoms with van der Waals surface area (Å²) in [6.45, 7) is 2.01. The van der Waals surface area contributed by atoms with E-state index in [1.807, 2.05) is 6.92 Å². The number of carbonyl (C=O) groups is 1. The molecule has 2 aliphatic rings. The molecule has 27 heavy (non-hydrogen) atoms. The molecular weight excluding hydrogens is 400 g/mol. The van der Waals surface area contributed by atoms with Crippen LogP contribution >= 0.6 is 15.9 Å². The number of aryl methyl sites for hydroxylation is 1. The van der Waals surface area contributed by atoms with Gasteiger partial charge in [0.25, 0.3) is 0 Å². The molecule has 1 aliphatic carbocycles. The number of Topliss-reactive ketones (excluding diaryl/α,β-unsaturated/α-hetero) is 1. The van der Waals surface area contributed by atoms with Gasteiger partial charge in [0.05, 0.1) is 11.2 Å². The number of nitrogens with zero attached hydrogens (tertiary/aromatic N) is 1. The van der Waals surface area contributed by atoms with E-state index in [9.17, 15) is 4.79 Å². The first-order valence-electron chi connectivity index (χ1n) is 9.31. The van der Waals surface area contributed by atoms with Crippen LogP contribution in [0.4, 0.5) is 5.69 Å². The van der Waals surface area contributed by atoms with E-state index in [0.717, 1.165) is 62.0 Å². The number of rotatable bonds is 1. The SMILES string of the molecule is Cc1ccc2c3c(ccc2n1)[C@@H](c1ccc(Br)cc1)C1=C(CCCC1=O)N3. The Morgan fingerprint density at radius 2 is 1.85 bits per heavy atom. The van der Waals surface area contributed by atoms with E-state index in [1.165, 1.54) is 0 Å². The van der Waals surface area contributed by atoms with Crippen LogP contribution in [0.5, 0.6) is 0 Å². The fraction of sp³-hybridized carbons (Fsp3) is 0.217. The molecule has 0 radical (unpaired) electrons. The molecule has 0 amide bonds. The lowest BCUT2D eigenvalue weighted by atomic mass is 9.75. The Morgan fingerprint density at radius 1 is 1.04 bits per heavy atom. The summed E-state index contributed by atoms with van der Waals surface area (Å²) in [5, 5.41) is 4.73. The van der Waals surface area contributed by atoms with Crippen LogP contribution in [0.1, 0.15) is 42.0 Å². The highest BCUT2D eigenvalue weighted by molar-refractivity contribution is 9.10. The van der Waals surface area contributed by atoms with Gasteiger partial charge in [0, 0.05) is 39.2 Å². The number of pyridine rings is 1. The van der Waals surface area contributed by atoms with Gasteiger partial charge >= 0.3 is 0 Å². The molecule has 134 valence electrons. The molecule has 0 unspecified atom stereocenters. The van der Waals surface area contributed by atoms with Crippen molar-refractivity contribution < 1.29 is 4.79 Å². The number of hydrogen-bond acceptors (Lipinski definition) is 3. The van der Waals surface area contributed by atoms with Crippen molar-refractivity contribution in [2.75, 3.05) is 5.32 Å². The van der Waals surface area contributed by atoms with E-state index >= 15 is 0 Å². The predicted octanol–water partition coefficient (Wildman–Crippen LogP) is 5.87. The molecule has 0 spiro atoms. The van der Waals surface area contributed by atoms with Crippen LogP contribution in [-0.2, 0) is 4.79 Å². The summed E-state index contributed by atoms with van der Waals surface area (Å²) in [5.74, 6) is 0.243. The number of aromatic nitrogens is 1. The van der Waals surface area contributed by atoms with Crippen molar-refractivity contribution >= 4 is 38.3 Å². The number of ketones is 1. The first kappa shape index (κ1) is 16.7. The molecule has 2 heterocycles. The molecule has 1 aromatic heterocycles. The molecule has 3 nitrogen and oxygen atoms in total. The number of halogens is 1. The smallest absolute Gasteiger partial charge is 0.161 e. The van der Waals surface area contributed by atoms with Crippen LogP contribution < -0.4 is 5.32 Å². The third-order valence-electron chi connectivity index (χ3n) is 5.58. The third kappa shape index (κ3) is 2.71. The van der Waals surface area contributed by atoms with Crippen LogP contribution in [0.2, 0.25) is 0 Å². The van der Waals surface area contributed by atoms with Crippen molar-refractivity contribution in [3.63, 3.8) is 0 Å². The Labute approximate surface area is 166 Å². The molecule has 1 aliphatic heterocycles. The summed E-state index contributed by atoms with van der Waals surface area (Å²) in [4.78, 5) is 17.6. The van der Waals surface area contributed by atoms with Crippen molar-refractivity contribution in [2.45, 2.75) is 32.1 Å². The Bertz CT molecular complexity index is 1120. The van der Waals surface area contributed by atoms with E-state index in [-0.39, 0.29) is 11.7 Å². The van der Waals surface area contributed by atoms with Crippen molar-refractivity contribution in [3.8, 4) is 0 Å². The van der Waals surface area contributed by atoms with Gasteiger partial charge in [-0.1, -0.05) is 34.1 Å². The molecule has 2 aromatic carbocycles. The van der Waals surface area contributed by atoms with E-state index in [4.69, 9.17) is 0 Å². The lowest BCUT2D eigenvalue weighted by Gasteiger charge is -2.34. The maximum atomic E-state index is 12.9.